The number of halogens is 1. The van der Waals surface area contributed by atoms with E-state index < -0.39 is 0 Å². The van der Waals surface area contributed by atoms with Gasteiger partial charge in [-0.05, 0) is 37.7 Å². The molecule has 0 atom stereocenters. The number of amides is 1. The number of nitrogens with zero attached hydrogens (tertiary/aromatic N) is 3. The van der Waals surface area contributed by atoms with E-state index in [9.17, 15) is 4.79 Å². The van der Waals surface area contributed by atoms with E-state index in [1.807, 2.05) is 25.1 Å². The molecule has 1 N–H and O–H groups in total. The number of hydrogen-bond acceptors (Lipinski definition) is 6. The molecule has 1 aliphatic rings. The zero-order valence-corrected chi connectivity index (χ0v) is 18.8. The minimum atomic E-state index is -0.0814. The number of carbonyl (C=O) groups is 1. The number of thiophene rings is 1. The van der Waals surface area contributed by atoms with Crippen molar-refractivity contribution in [2.75, 3.05) is 38.1 Å². The number of thiazole rings is 1. The van der Waals surface area contributed by atoms with E-state index in [0.717, 1.165) is 51.7 Å². The molecule has 1 saturated heterocycles. The maximum absolute atomic E-state index is 12.8. The van der Waals surface area contributed by atoms with Gasteiger partial charge < -0.3 is 15.1 Å². The molecule has 0 spiro atoms. The summed E-state index contributed by atoms with van der Waals surface area (Å²) in [5, 5.41) is 3.92. The van der Waals surface area contributed by atoms with Crippen LogP contribution in [0.15, 0.2) is 36.4 Å². The van der Waals surface area contributed by atoms with Gasteiger partial charge in [-0.25, -0.2) is 4.98 Å². The smallest absolute Gasteiger partial charge is 0.263 e. The Balaban J connectivity index is 1.46. The Kier molecular flexibility index (Phi) is 6.20. The van der Waals surface area contributed by atoms with Crippen LogP contribution in [0.25, 0.3) is 9.88 Å². The lowest BCUT2D eigenvalue weighted by molar-refractivity contribution is 0.0954. The van der Waals surface area contributed by atoms with Crippen LogP contribution in [0.2, 0.25) is 4.34 Å². The topological polar surface area (TPSA) is 48.5 Å². The van der Waals surface area contributed by atoms with E-state index in [-0.39, 0.29) is 5.91 Å². The van der Waals surface area contributed by atoms with Crippen molar-refractivity contribution in [3.05, 3.63) is 56.9 Å². The summed E-state index contributed by atoms with van der Waals surface area (Å²) < 4.78 is 0.722. The predicted octanol–water partition coefficient (Wildman–Crippen LogP) is 4.52. The van der Waals surface area contributed by atoms with Crippen molar-refractivity contribution in [2.45, 2.75) is 13.5 Å². The molecule has 3 aromatic rings. The molecule has 0 bridgehead atoms. The SMILES string of the molecule is Cc1nc(-c2ccc(Cl)s2)sc1C(=O)NCc1ccccc1N1CCN(C)CC1. The molecule has 0 aliphatic carbocycles. The van der Waals surface area contributed by atoms with Crippen molar-refractivity contribution in [3.8, 4) is 9.88 Å². The summed E-state index contributed by atoms with van der Waals surface area (Å²) in [6.07, 6.45) is 0. The highest BCUT2D eigenvalue weighted by molar-refractivity contribution is 7.24. The summed E-state index contributed by atoms with van der Waals surface area (Å²) in [5.74, 6) is -0.0814. The quantitative estimate of drug-likeness (QED) is 0.626. The van der Waals surface area contributed by atoms with Gasteiger partial charge in [0.15, 0.2) is 0 Å². The number of carbonyl (C=O) groups excluding carboxylic acids is 1. The number of aryl methyl sites for hydroxylation is 1. The van der Waals surface area contributed by atoms with Crippen molar-refractivity contribution in [2.24, 2.45) is 0 Å². The van der Waals surface area contributed by atoms with Crippen LogP contribution in [0.1, 0.15) is 20.9 Å². The maximum Gasteiger partial charge on any atom is 0.263 e. The second-order valence-corrected chi connectivity index (χ2v) is 9.85. The molecule has 4 rings (SSSR count). The number of rotatable bonds is 5. The standard InChI is InChI=1S/C21H23ClN4OS2/c1-14-19(29-21(24-14)17-7-8-18(22)28-17)20(27)23-13-15-5-3-4-6-16(15)26-11-9-25(2)10-12-26/h3-8H,9-13H2,1-2H3,(H,23,27). The van der Waals surface area contributed by atoms with Crippen molar-refractivity contribution >= 4 is 45.9 Å². The third-order valence-corrected chi connectivity index (χ3v) is 7.62. The van der Waals surface area contributed by atoms with Crippen molar-refractivity contribution < 1.29 is 4.79 Å². The molecular formula is C21H23ClN4OS2. The minimum absolute atomic E-state index is 0.0814. The van der Waals surface area contributed by atoms with Gasteiger partial charge in [0, 0.05) is 38.4 Å². The zero-order chi connectivity index (χ0) is 20.4. The number of anilines is 1. The number of benzene rings is 1. The summed E-state index contributed by atoms with van der Waals surface area (Å²) in [6.45, 7) is 6.48. The Labute approximate surface area is 183 Å². The van der Waals surface area contributed by atoms with Gasteiger partial charge in [-0.15, -0.1) is 22.7 Å². The summed E-state index contributed by atoms with van der Waals surface area (Å²) in [7, 11) is 2.15. The average molecular weight is 447 g/mol. The minimum Gasteiger partial charge on any atom is -0.369 e. The number of para-hydroxylation sites is 1. The van der Waals surface area contributed by atoms with Gasteiger partial charge in [0.25, 0.3) is 5.91 Å². The van der Waals surface area contributed by atoms with Crippen LogP contribution >= 0.6 is 34.3 Å². The van der Waals surface area contributed by atoms with Gasteiger partial charge in [0.05, 0.1) is 14.9 Å². The molecule has 0 radical (unpaired) electrons. The highest BCUT2D eigenvalue weighted by atomic mass is 35.5. The molecule has 8 heteroatoms. The molecule has 0 unspecified atom stereocenters. The molecule has 5 nitrogen and oxygen atoms in total. The van der Waals surface area contributed by atoms with Crippen LogP contribution in [-0.4, -0.2) is 49.0 Å². The molecule has 2 aromatic heterocycles. The van der Waals surface area contributed by atoms with Gasteiger partial charge in [-0.1, -0.05) is 29.8 Å². The highest BCUT2D eigenvalue weighted by Crippen LogP contribution is 2.35. The molecule has 0 saturated carbocycles. The Morgan fingerprint density at radius 2 is 1.90 bits per heavy atom. The summed E-state index contributed by atoms with van der Waals surface area (Å²) in [4.78, 5) is 23.8. The third-order valence-electron chi connectivity index (χ3n) is 5.06. The van der Waals surface area contributed by atoms with Crippen molar-refractivity contribution in [1.82, 2.24) is 15.2 Å². The Morgan fingerprint density at radius 1 is 1.14 bits per heavy atom. The van der Waals surface area contributed by atoms with Gasteiger partial charge in [-0.2, -0.15) is 0 Å². The number of nitrogens with one attached hydrogen (secondary N) is 1. The lowest BCUT2D eigenvalue weighted by atomic mass is 10.1. The highest BCUT2D eigenvalue weighted by Gasteiger charge is 2.19. The fourth-order valence-corrected chi connectivity index (χ4v) is 5.49. The largest absolute Gasteiger partial charge is 0.369 e. The number of aromatic nitrogens is 1. The summed E-state index contributed by atoms with van der Waals surface area (Å²) >= 11 is 8.92. The molecule has 1 aliphatic heterocycles. The summed E-state index contributed by atoms with van der Waals surface area (Å²) in [6, 6.07) is 12.1. The van der Waals surface area contributed by atoms with E-state index in [1.54, 1.807) is 0 Å². The van der Waals surface area contributed by atoms with Crippen LogP contribution in [0.5, 0.6) is 0 Å². The fraction of sp³-hybridized carbons (Fsp3) is 0.333. The average Bonchev–Trinajstić information content (AvgIpc) is 3.33. The molecule has 1 amide bonds. The second-order valence-electron chi connectivity index (χ2n) is 7.14. The number of piperazine rings is 1. The summed E-state index contributed by atoms with van der Waals surface area (Å²) in [5.41, 5.74) is 3.09. The molecule has 29 heavy (non-hydrogen) atoms. The third kappa shape index (κ3) is 4.64. The van der Waals surface area contributed by atoms with Crippen LogP contribution < -0.4 is 10.2 Å². The van der Waals surface area contributed by atoms with Gasteiger partial charge in [-0.3, -0.25) is 4.79 Å². The van der Waals surface area contributed by atoms with E-state index >= 15 is 0 Å². The van der Waals surface area contributed by atoms with Crippen LogP contribution in [0, 0.1) is 6.92 Å². The van der Waals surface area contributed by atoms with Gasteiger partial charge in [0.1, 0.15) is 9.88 Å². The van der Waals surface area contributed by atoms with E-state index in [0.29, 0.717) is 11.4 Å². The fourth-order valence-electron chi connectivity index (χ4n) is 3.41. The van der Waals surface area contributed by atoms with Crippen LogP contribution in [0.3, 0.4) is 0 Å². The lowest BCUT2D eigenvalue weighted by Gasteiger charge is -2.35. The number of likely N-dealkylation sites (N-methyl/N-ethyl adjacent to an activating group) is 1. The van der Waals surface area contributed by atoms with E-state index in [1.165, 1.54) is 28.4 Å². The monoisotopic (exact) mass is 446 g/mol. The molecule has 3 heterocycles. The molecule has 152 valence electrons. The van der Waals surface area contributed by atoms with Crippen molar-refractivity contribution in [3.63, 3.8) is 0 Å². The first-order chi connectivity index (χ1) is 14.0. The number of hydrogen-bond donors (Lipinski definition) is 1. The lowest BCUT2D eigenvalue weighted by Crippen LogP contribution is -2.45. The maximum atomic E-state index is 12.8. The predicted molar refractivity (Wildman–Crippen MR) is 122 cm³/mol. The molecule has 1 aromatic carbocycles. The Hall–Kier alpha value is -1.93. The van der Waals surface area contributed by atoms with Gasteiger partial charge in [0.2, 0.25) is 0 Å². The van der Waals surface area contributed by atoms with Crippen LogP contribution in [-0.2, 0) is 6.54 Å². The first-order valence-electron chi connectivity index (χ1n) is 9.54. The zero-order valence-electron chi connectivity index (χ0n) is 16.4. The Morgan fingerprint density at radius 3 is 2.62 bits per heavy atom. The van der Waals surface area contributed by atoms with E-state index in [2.05, 4.69) is 45.3 Å². The van der Waals surface area contributed by atoms with Crippen LogP contribution in [0.4, 0.5) is 5.69 Å². The van der Waals surface area contributed by atoms with Crippen molar-refractivity contribution in [1.29, 1.82) is 0 Å². The normalized spacial score (nSPS) is 14.9. The second kappa shape index (κ2) is 8.83. The molecular weight excluding hydrogens is 424 g/mol. The first kappa shape index (κ1) is 20.3. The van der Waals surface area contributed by atoms with Gasteiger partial charge >= 0.3 is 0 Å². The van der Waals surface area contributed by atoms with E-state index in [4.69, 9.17) is 11.6 Å². The Bertz CT molecular complexity index is 1010. The first-order valence-corrected chi connectivity index (χ1v) is 11.5. The molecule has 1 fully saturated rings.